The molecule has 6 aromatic carbocycles. The smallest absolute Gasteiger partial charge is 0.281 e. The van der Waals surface area contributed by atoms with Crippen molar-refractivity contribution in [2.24, 2.45) is 0 Å². The third-order valence-electron chi connectivity index (χ3n) is 9.99. The Balaban J connectivity index is 1.15. The lowest BCUT2D eigenvalue weighted by molar-refractivity contribution is 0.428. The van der Waals surface area contributed by atoms with Crippen LogP contribution in [-0.4, -0.2) is 23.4 Å². The summed E-state index contributed by atoms with van der Waals surface area (Å²) in [5, 5.41) is 0. The number of para-hydroxylation sites is 4. The van der Waals surface area contributed by atoms with Gasteiger partial charge in [-0.05, 0) is 82.5 Å². The van der Waals surface area contributed by atoms with Crippen molar-refractivity contribution in [3.8, 4) is 23.3 Å². The summed E-state index contributed by atoms with van der Waals surface area (Å²) in [6.07, 6.45) is 0. The van der Waals surface area contributed by atoms with Crippen LogP contribution in [0.4, 0.5) is 34.1 Å². The molecule has 4 aliphatic heterocycles. The average Bonchev–Trinajstić information content (AvgIpc) is 3.14. The molecule has 0 spiro atoms. The summed E-state index contributed by atoms with van der Waals surface area (Å²) in [4.78, 5) is 15.3. The van der Waals surface area contributed by atoms with Crippen molar-refractivity contribution < 1.29 is 9.47 Å². The van der Waals surface area contributed by atoms with Gasteiger partial charge in [-0.3, -0.25) is 4.98 Å². The van der Waals surface area contributed by atoms with Gasteiger partial charge in [0.2, 0.25) is 11.8 Å². The van der Waals surface area contributed by atoms with E-state index in [4.69, 9.17) is 19.4 Å². The number of hydrogen-bond donors (Lipinski definition) is 0. The second-order valence-corrected chi connectivity index (χ2v) is 12.5. The molecule has 4 aliphatic rings. The Morgan fingerprint density at radius 1 is 0.396 bits per heavy atom. The maximum atomic E-state index is 6.64. The molecule has 8 heteroatoms. The average molecular weight is 614 g/mol. The van der Waals surface area contributed by atoms with E-state index in [-0.39, 0.29) is 13.4 Å². The Bertz CT molecular complexity index is 2290. The lowest BCUT2D eigenvalue weighted by Gasteiger charge is -2.41. The van der Waals surface area contributed by atoms with Gasteiger partial charge in [0.15, 0.2) is 0 Å². The molecule has 222 valence electrons. The summed E-state index contributed by atoms with van der Waals surface area (Å²) in [5.74, 6) is 2.55. The maximum absolute atomic E-state index is 6.64. The molecule has 0 aliphatic carbocycles. The second-order valence-electron chi connectivity index (χ2n) is 12.5. The van der Waals surface area contributed by atoms with Gasteiger partial charge in [-0.2, -0.15) is 4.98 Å². The molecular weight excluding hydrogens is 590 g/mol. The van der Waals surface area contributed by atoms with E-state index in [0.29, 0.717) is 11.8 Å². The van der Waals surface area contributed by atoms with Crippen LogP contribution in [0.15, 0.2) is 146 Å². The number of benzene rings is 6. The van der Waals surface area contributed by atoms with E-state index in [1.807, 2.05) is 12.1 Å². The summed E-state index contributed by atoms with van der Waals surface area (Å²) in [6, 6.07) is 50.8. The Kier molecular flexibility index (Phi) is 5.19. The highest BCUT2D eigenvalue weighted by atomic mass is 16.5. The van der Waals surface area contributed by atoms with Crippen LogP contribution in [-0.2, 0) is 0 Å². The Hall–Kier alpha value is -6.27. The largest absolute Gasteiger partial charge is 0.438 e. The minimum absolute atomic E-state index is 0.162. The van der Waals surface area contributed by atoms with E-state index >= 15 is 0 Å². The maximum Gasteiger partial charge on any atom is 0.281 e. The standard InChI is InChI=1S/C40H24B2N4O2/c1-3-13-25(14-4-1)45-29-19-9-7-17-27(29)41-35-31(45)21-11-23-33(35)47-39-37(41)43-38-40(44-39)48-34-24-12-22-32-36(34)42(38)28-18-8-10-20-30(28)46(32)26-15-5-2-6-16-26/h1-24H. The summed E-state index contributed by atoms with van der Waals surface area (Å²) in [7, 11) is 0. The number of nitrogens with zero attached hydrogens (tertiary/aromatic N) is 4. The molecule has 0 saturated heterocycles. The van der Waals surface area contributed by atoms with E-state index in [9.17, 15) is 0 Å². The molecule has 0 atom stereocenters. The first kappa shape index (κ1) is 25.9. The van der Waals surface area contributed by atoms with Crippen LogP contribution in [0.2, 0.25) is 0 Å². The molecule has 1 aromatic heterocycles. The molecule has 0 amide bonds. The van der Waals surface area contributed by atoms with Crippen molar-refractivity contribution in [3.05, 3.63) is 146 Å². The van der Waals surface area contributed by atoms with Gasteiger partial charge < -0.3 is 19.3 Å². The fourth-order valence-electron chi connectivity index (χ4n) is 8.10. The van der Waals surface area contributed by atoms with E-state index in [0.717, 1.165) is 78.7 Å². The van der Waals surface area contributed by atoms with Crippen molar-refractivity contribution in [2.45, 2.75) is 0 Å². The first-order valence-corrected chi connectivity index (χ1v) is 16.2. The van der Waals surface area contributed by atoms with Crippen LogP contribution < -0.4 is 52.3 Å². The number of rotatable bonds is 2. The lowest BCUT2D eigenvalue weighted by Crippen LogP contribution is -2.65. The zero-order valence-corrected chi connectivity index (χ0v) is 25.6. The van der Waals surface area contributed by atoms with Crippen molar-refractivity contribution >= 4 is 80.6 Å². The zero-order chi connectivity index (χ0) is 31.3. The van der Waals surface area contributed by atoms with Crippen molar-refractivity contribution in [2.75, 3.05) is 9.80 Å². The van der Waals surface area contributed by atoms with Gasteiger partial charge in [0.1, 0.15) is 11.5 Å². The Morgan fingerprint density at radius 2 is 0.812 bits per heavy atom. The summed E-state index contributed by atoms with van der Waals surface area (Å²) in [6.45, 7) is -0.324. The second kappa shape index (κ2) is 9.62. The van der Waals surface area contributed by atoms with Gasteiger partial charge in [0.05, 0.1) is 11.2 Å². The molecule has 0 unspecified atom stereocenters. The Morgan fingerprint density at radius 3 is 1.29 bits per heavy atom. The SMILES string of the molecule is c1ccc(N2c3ccccc3B3c4nc5c(nc4Oc4cccc2c43)Oc2cccc3c2B5c2ccccc2N3c2ccccc2)cc1. The van der Waals surface area contributed by atoms with Crippen LogP contribution in [0, 0.1) is 0 Å². The van der Waals surface area contributed by atoms with Crippen LogP contribution in [0.1, 0.15) is 0 Å². The lowest BCUT2D eigenvalue weighted by atomic mass is 9.34. The minimum atomic E-state index is -0.162. The first-order valence-electron chi connectivity index (χ1n) is 16.2. The van der Waals surface area contributed by atoms with E-state index in [1.165, 1.54) is 0 Å². The molecule has 11 rings (SSSR count). The van der Waals surface area contributed by atoms with Crippen LogP contribution in [0.3, 0.4) is 0 Å². The predicted molar refractivity (Wildman–Crippen MR) is 194 cm³/mol. The molecule has 7 aromatic rings. The van der Waals surface area contributed by atoms with Crippen molar-refractivity contribution in [1.82, 2.24) is 9.97 Å². The van der Waals surface area contributed by atoms with E-state index in [2.05, 4.69) is 143 Å². The highest BCUT2D eigenvalue weighted by Crippen LogP contribution is 2.42. The van der Waals surface area contributed by atoms with Gasteiger partial charge in [-0.15, -0.1) is 0 Å². The molecule has 6 nitrogen and oxygen atoms in total. The van der Waals surface area contributed by atoms with E-state index < -0.39 is 0 Å². The number of hydrogen-bond acceptors (Lipinski definition) is 6. The van der Waals surface area contributed by atoms with Gasteiger partial charge in [-0.1, -0.05) is 84.9 Å². The van der Waals surface area contributed by atoms with Gasteiger partial charge in [-0.25, -0.2) is 0 Å². The highest BCUT2D eigenvalue weighted by molar-refractivity contribution is 7.01. The molecule has 0 bridgehead atoms. The molecule has 0 N–H and O–H groups in total. The minimum Gasteiger partial charge on any atom is -0.438 e. The third kappa shape index (κ3) is 3.43. The topological polar surface area (TPSA) is 50.7 Å². The zero-order valence-electron chi connectivity index (χ0n) is 25.6. The number of aromatic nitrogens is 2. The normalized spacial score (nSPS) is 14.0. The van der Waals surface area contributed by atoms with Gasteiger partial charge in [0.25, 0.3) is 13.4 Å². The van der Waals surface area contributed by atoms with Crippen LogP contribution in [0.5, 0.6) is 23.3 Å². The summed E-state index contributed by atoms with van der Waals surface area (Å²) >= 11 is 0. The van der Waals surface area contributed by atoms with Crippen molar-refractivity contribution in [3.63, 3.8) is 0 Å². The first-order chi connectivity index (χ1) is 23.8. The van der Waals surface area contributed by atoms with Crippen LogP contribution in [0.25, 0.3) is 0 Å². The quantitative estimate of drug-likeness (QED) is 0.247. The molecular formula is C40H24B2N4O2. The molecule has 0 fully saturated rings. The predicted octanol–water partition coefficient (Wildman–Crippen LogP) is 5.29. The van der Waals surface area contributed by atoms with E-state index in [1.54, 1.807) is 0 Å². The van der Waals surface area contributed by atoms with Crippen molar-refractivity contribution in [1.29, 1.82) is 0 Å². The number of fused-ring (bicyclic) bond motifs is 8. The molecule has 0 radical (unpaired) electrons. The monoisotopic (exact) mass is 614 g/mol. The fraction of sp³-hybridized carbons (Fsp3) is 0. The molecule has 5 heterocycles. The third-order valence-corrected chi connectivity index (χ3v) is 9.99. The number of anilines is 6. The summed E-state index contributed by atoms with van der Waals surface area (Å²) in [5.41, 5.74) is 12.7. The fourth-order valence-corrected chi connectivity index (χ4v) is 8.10. The Labute approximate surface area is 278 Å². The van der Waals surface area contributed by atoms with Gasteiger partial charge in [0, 0.05) is 34.1 Å². The molecule has 0 saturated carbocycles. The number of ether oxygens (including phenoxy) is 2. The van der Waals surface area contributed by atoms with Crippen LogP contribution >= 0.6 is 0 Å². The van der Waals surface area contributed by atoms with Gasteiger partial charge >= 0.3 is 0 Å². The molecule has 48 heavy (non-hydrogen) atoms. The summed E-state index contributed by atoms with van der Waals surface area (Å²) < 4.78 is 13.3. The highest BCUT2D eigenvalue weighted by Gasteiger charge is 2.48.